The molecule has 0 N–H and O–H groups in total. The van der Waals surface area contributed by atoms with Crippen LogP contribution in [0.1, 0.15) is 48.9 Å². The van der Waals surface area contributed by atoms with Gasteiger partial charge in [0.2, 0.25) is 5.91 Å². The standard InChI is InChI=1S/C18H23N3OS2/c1-2-14-19-17(23-11-15(22)21-9-5-6-10-21)16-12-7-3-4-8-13(12)24-18(16)20-14/h2-11H2,1H3. The summed E-state index contributed by atoms with van der Waals surface area (Å²) in [6, 6.07) is 0. The van der Waals surface area contributed by atoms with Crippen LogP contribution in [-0.2, 0) is 24.1 Å². The van der Waals surface area contributed by atoms with Gasteiger partial charge in [0.05, 0.1) is 5.75 Å². The van der Waals surface area contributed by atoms with Crippen LogP contribution < -0.4 is 0 Å². The molecule has 1 amide bonds. The molecule has 1 saturated heterocycles. The summed E-state index contributed by atoms with van der Waals surface area (Å²) >= 11 is 3.46. The molecule has 2 aromatic rings. The van der Waals surface area contributed by atoms with Crippen molar-refractivity contribution in [3.05, 3.63) is 16.3 Å². The first kappa shape index (κ1) is 16.3. The first-order valence-corrected chi connectivity index (χ1v) is 10.8. The Morgan fingerprint density at radius 2 is 1.96 bits per heavy atom. The summed E-state index contributed by atoms with van der Waals surface area (Å²) < 4.78 is 0. The summed E-state index contributed by atoms with van der Waals surface area (Å²) in [5.74, 6) is 1.66. The molecule has 1 aliphatic carbocycles. The van der Waals surface area contributed by atoms with Crippen molar-refractivity contribution in [3.8, 4) is 0 Å². The van der Waals surface area contributed by atoms with E-state index in [2.05, 4.69) is 6.92 Å². The number of aryl methyl sites for hydroxylation is 3. The van der Waals surface area contributed by atoms with Gasteiger partial charge in [-0.25, -0.2) is 9.97 Å². The number of nitrogens with zero attached hydrogens (tertiary/aromatic N) is 3. The van der Waals surface area contributed by atoms with E-state index in [0.29, 0.717) is 5.75 Å². The van der Waals surface area contributed by atoms with Crippen molar-refractivity contribution in [1.82, 2.24) is 14.9 Å². The van der Waals surface area contributed by atoms with Gasteiger partial charge < -0.3 is 4.90 Å². The van der Waals surface area contributed by atoms with E-state index in [4.69, 9.17) is 9.97 Å². The molecule has 0 bridgehead atoms. The fourth-order valence-corrected chi connectivity index (χ4v) is 5.94. The molecule has 2 aliphatic rings. The second-order valence-electron chi connectivity index (χ2n) is 6.57. The lowest BCUT2D eigenvalue weighted by atomic mass is 9.97. The van der Waals surface area contributed by atoms with Gasteiger partial charge in [-0.1, -0.05) is 18.7 Å². The van der Waals surface area contributed by atoms with Crippen LogP contribution in [0.25, 0.3) is 10.2 Å². The highest BCUT2D eigenvalue weighted by molar-refractivity contribution is 8.00. The van der Waals surface area contributed by atoms with Gasteiger partial charge in [-0.15, -0.1) is 11.3 Å². The van der Waals surface area contributed by atoms with Crippen LogP contribution in [-0.4, -0.2) is 39.6 Å². The van der Waals surface area contributed by atoms with Gasteiger partial charge in [0.1, 0.15) is 15.7 Å². The predicted molar refractivity (Wildman–Crippen MR) is 100.0 cm³/mol. The average Bonchev–Trinajstić information content (AvgIpc) is 3.26. The number of aromatic nitrogens is 2. The molecule has 6 heteroatoms. The molecule has 0 atom stereocenters. The van der Waals surface area contributed by atoms with Crippen LogP contribution in [0.2, 0.25) is 0 Å². The zero-order valence-electron chi connectivity index (χ0n) is 14.1. The van der Waals surface area contributed by atoms with Gasteiger partial charge in [0.25, 0.3) is 0 Å². The fraction of sp³-hybridized carbons (Fsp3) is 0.611. The van der Waals surface area contributed by atoms with E-state index < -0.39 is 0 Å². The van der Waals surface area contributed by atoms with Crippen molar-refractivity contribution < 1.29 is 4.79 Å². The maximum absolute atomic E-state index is 12.4. The molecule has 128 valence electrons. The number of amides is 1. The number of carbonyl (C=O) groups is 1. The summed E-state index contributed by atoms with van der Waals surface area (Å²) in [4.78, 5) is 26.6. The zero-order valence-corrected chi connectivity index (χ0v) is 15.8. The molecule has 1 fully saturated rings. The molecule has 0 radical (unpaired) electrons. The lowest BCUT2D eigenvalue weighted by Gasteiger charge is -2.15. The number of likely N-dealkylation sites (tertiary alicyclic amines) is 1. The van der Waals surface area contributed by atoms with Crippen molar-refractivity contribution >= 4 is 39.2 Å². The lowest BCUT2D eigenvalue weighted by molar-refractivity contribution is -0.127. The van der Waals surface area contributed by atoms with Crippen LogP contribution in [0.3, 0.4) is 0 Å². The highest BCUT2D eigenvalue weighted by atomic mass is 32.2. The van der Waals surface area contributed by atoms with Crippen LogP contribution in [0, 0.1) is 0 Å². The Labute approximate surface area is 151 Å². The summed E-state index contributed by atoms with van der Waals surface area (Å²) in [6.45, 7) is 3.94. The predicted octanol–water partition coefficient (Wildman–Crippen LogP) is 3.85. The van der Waals surface area contributed by atoms with Crippen LogP contribution in [0.4, 0.5) is 0 Å². The van der Waals surface area contributed by atoms with Crippen molar-refractivity contribution in [2.24, 2.45) is 0 Å². The third-order valence-corrected chi connectivity index (χ3v) is 7.08. The first-order chi connectivity index (χ1) is 11.8. The monoisotopic (exact) mass is 361 g/mol. The van der Waals surface area contributed by atoms with Gasteiger partial charge >= 0.3 is 0 Å². The topological polar surface area (TPSA) is 46.1 Å². The van der Waals surface area contributed by atoms with Crippen molar-refractivity contribution in [2.45, 2.75) is 56.9 Å². The SMILES string of the molecule is CCc1nc(SCC(=O)N2CCCC2)c2c3c(sc2n1)CCCC3. The average molecular weight is 362 g/mol. The van der Waals surface area contributed by atoms with E-state index in [1.165, 1.54) is 35.1 Å². The van der Waals surface area contributed by atoms with Gasteiger partial charge in [0, 0.05) is 29.8 Å². The van der Waals surface area contributed by atoms with E-state index >= 15 is 0 Å². The summed E-state index contributed by atoms with van der Waals surface area (Å²) in [6.07, 6.45) is 7.98. The van der Waals surface area contributed by atoms with Crippen LogP contribution >= 0.6 is 23.1 Å². The quantitative estimate of drug-likeness (QED) is 0.613. The van der Waals surface area contributed by atoms with Crippen molar-refractivity contribution in [1.29, 1.82) is 0 Å². The minimum absolute atomic E-state index is 0.256. The Kier molecular flexibility index (Phi) is 4.77. The summed E-state index contributed by atoms with van der Waals surface area (Å²) in [5.41, 5.74) is 1.46. The number of thiophene rings is 1. The van der Waals surface area contributed by atoms with E-state index in [-0.39, 0.29) is 5.91 Å². The van der Waals surface area contributed by atoms with Gasteiger partial charge in [-0.3, -0.25) is 4.79 Å². The Hall–Kier alpha value is -1.14. The second kappa shape index (κ2) is 7.00. The summed E-state index contributed by atoms with van der Waals surface area (Å²) in [7, 11) is 0. The Morgan fingerprint density at radius 1 is 1.17 bits per heavy atom. The molecule has 0 aromatic carbocycles. The molecule has 1 aliphatic heterocycles. The Bertz CT molecular complexity index is 765. The van der Waals surface area contributed by atoms with E-state index in [0.717, 1.165) is 54.5 Å². The van der Waals surface area contributed by atoms with Crippen LogP contribution in [0.15, 0.2) is 5.03 Å². The molecular weight excluding hydrogens is 338 g/mol. The third kappa shape index (κ3) is 3.06. The number of fused-ring (bicyclic) bond motifs is 3. The Morgan fingerprint density at radius 3 is 2.75 bits per heavy atom. The minimum Gasteiger partial charge on any atom is -0.342 e. The molecule has 0 spiro atoms. The van der Waals surface area contributed by atoms with Crippen molar-refractivity contribution in [3.63, 3.8) is 0 Å². The number of hydrogen-bond acceptors (Lipinski definition) is 5. The maximum Gasteiger partial charge on any atom is 0.232 e. The molecule has 2 aromatic heterocycles. The number of rotatable bonds is 4. The normalized spacial score (nSPS) is 17.5. The number of hydrogen-bond donors (Lipinski definition) is 0. The smallest absolute Gasteiger partial charge is 0.232 e. The lowest BCUT2D eigenvalue weighted by Crippen LogP contribution is -2.29. The highest BCUT2D eigenvalue weighted by Crippen LogP contribution is 2.39. The molecule has 0 unspecified atom stereocenters. The van der Waals surface area contributed by atoms with Crippen LogP contribution in [0.5, 0.6) is 0 Å². The first-order valence-electron chi connectivity index (χ1n) is 8.98. The largest absolute Gasteiger partial charge is 0.342 e. The highest BCUT2D eigenvalue weighted by Gasteiger charge is 2.23. The third-order valence-electron chi connectivity index (χ3n) is 4.94. The molecular formula is C18H23N3OS2. The molecule has 4 nitrogen and oxygen atoms in total. The second-order valence-corrected chi connectivity index (χ2v) is 8.61. The molecule has 4 rings (SSSR count). The zero-order chi connectivity index (χ0) is 16.5. The van der Waals surface area contributed by atoms with E-state index in [9.17, 15) is 4.79 Å². The minimum atomic E-state index is 0.256. The van der Waals surface area contributed by atoms with E-state index in [1.54, 1.807) is 11.8 Å². The fourth-order valence-electron chi connectivity index (χ4n) is 3.62. The van der Waals surface area contributed by atoms with Gasteiger partial charge in [-0.05, 0) is 44.1 Å². The van der Waals surface area contributed by atoms with Gasteiger partial charge in [-0.2, -0.15) is 0 Å². The number of thioether (sulfide) groups is 1. The van der Waals surface area contributed by atoms with Crippen molar-refractivity contribution in [2.75, 3.05) is 18.8 Å². The molecule has 3 heterocycles. The molecule has 0 saturated carbocycles. The maximum atomic E-state index is 12.4. The number of carbonyl (C=O) groups excluding carboxylic acids is 1. The summed E-state index contributed by atoms with van der Waals surface area (Å²) in [5, 5.41) is 2.27. The Balaban J connectivity index is 1.65. The van der Waals surface area contributed by atoms with E-state index in [1.807, 2.05) is 16.2 Å². The van der Waals surface area contributed by atoms with Gasteiger partial charge in [0.15, 0.2) is 0 Å². The molecule has 24 heavy (non-hydrogen) atoms.